The maximum Gasteiger partial charge on any atom is 0.224 e. The summed E-state index contributed by atoms with van der Waals surface area (Å²) in [7, 11) is 3.22. The van der Waals surface area contributed by atoms with Gasteiger partial charge in [-0.25, -0.2) is 9.97 Å². The van der Waals surface area contributed by atoms with Gasteiger partial charge in [0.1, 0.15) is 21.9 Å². The minimum absolute atomic E-state index is 0.0521. The Morgan fingerprint density at radius 3 is 2.59 bits per heavy atom. The van der Waals surface area contributed by atoms with Crippen molar-refractivity contribution in [1.82, 2.24) is 19.9 Å². The van der Waals surface area contributed by atoms with Gasteiger partial charge >= 0.3 is 0 Å². The number of nitrogens with one attached hydrogen (secondary N) is 2. The first-order valence-corrected chi connectivity index (χ1v) is 13.6. The molecule has 0 amide bonds. The topological polar surface area (TPSA) is 124 Å². The number of aryl methyl sites for hydroxylation is 2. The molecule has 0 radical (unpaired) electrons. The molecule has 0 aliphatic heterocycles. The van der Waals surface area contributed by atoms with Crippen molar-refractivity contribution in [2.75, 3.05) is 57.8 Å². The highest BCUT2D eigenvalue weighted by Gasteiger charge is 2.42. The van der Waals surface area contributed by atoms with Crippen molar-refractivity contribution >= 4 is 33.3 Å². The van der Waals surface area contributed by atoms with Gasteiger partial charge in [-0.15, -0.1) is 11.3 Å². The number of anilines is 2. The van der Waals surface area contributed by atoms with Crippen LogP contribution in [0, 0.1) is 19.8 Å². The van der Waals surface area contributed by atoms with Crippen molar-refractivity contribution in [2.24, 2.45) is 5.92 Å². The molecule has 37 heavy (non-hydrogen) atoms. The van der Waals surface area contributed by atoms with E-state index >= 15 is 0 Å². The fraction of sp³-hybridized carbons (Fsp3) is 0.615. The Morgan fingerprint density at radius 2 is 1.89 bits per heavy atom. The Kier molecular flexibility index (Phi) is 9.25. The van der Waals surface area contributed by atoms with Crippen LogP contribution in [0.1, 0.15) is 37.6 Å². The van der Waals surface area contributed by atoms with Gasteiger partial charge in [0, 0.05) is 39.6 Å². The molecule has 0 bridgehead atoms. The fourth-order valence-corrected chi connectivity index (χ4v) is 6.16. The highest BCUT2D eigenvalue weighted by atomic mass is 32.1. The monoisotopic (exact) mass is 530 g/mol. The van der Waals surface area contributed by atoms with Crippen LogP contribution < -0.4 is 10.6 Å². The molecule has 3 N–H and O–H groups in total. The summed E-state index contributed by atoms with van der Waals surface area (Å²) in [5, 5.41) is 19.0. The molecule has 2 atom stereocenters. The van der Waals surface area contributed by atoms with E-state index in [1.54, 1.807) is 25.6 Å². The Hall–Kier alpha value is -2.44. The summed E-state index contributed by atoms with van der Waals surface area (Å²) in [4.78, 5) is 18.9. The molecule has 202 valence electrons. The van der Waals surface area contributed by atoms with Gasteiger partial charge in [-0.05, 0) is 52.0 Å². The fourth-order valence-electron chi connectivity index (χ4n) is 5.05. The summed E-state index contributed by atoms with van der Waals surface area (Å²) in [6.45, 7) is 8.27. The number of nitrogens with zero attached hydrogens (tertiary/aromatic N) is 4. The van der Waals surface area contributed by atoms with Crippen LogP contribution in [0.4, 0.5) is 11.8 Å². The van der Waals surface area contributed by atoms with E-state index in [0.717, 1.165) is 57.3 Å². The number of aliphatic hydroxyl groups is 1. The maximum absolute atomic E-state index is 11.2. The molecule has 0 saturated heterocycles. The third kappa shape index (κ3) is 6.35. The van der Waals surface area contributed by atoms with E-state index in [1.807, 2.05) is 33.0 Å². The standard InChI is InChI=1S/C26H38N6O4S/c1-6-36-12-11-28-25-29-16(2)21(24-31-22-17(3)27-10-9-20(22)37-24)23(32-25)30-19-8-7-18(13-19)26(33,14-34-4)15-35-5/h9-10,18-19,33H,6-8,11-15H2,1-5H3,(H2,28,29,30,32). The minimum atomic E-state index is -1.02. The van der Waals surface area contributed by atoms with Crippen LogP contribution in [-0.2, 0) is 14.2 Å². The molecular weight excluding hydrogens is 492 g/mol. The zero-order valence-electron chi connectivity index (χ0n) is 22.3. The molecular formula is C26H38N6O4S. The third-order valence-electron chi connectivity index (χ3n) is 6.85. The number of fused-ring (bicyclic) bond motifs is 1. The van der Waals surface area contributed by atoms with Crippen molar-refractivity contribution in [3.05, 3.63) is 23.7 Å². The number of hydrogen-bond donors (Lipinski definition) is 3. The predicted octanol–water partition coefficient (Wildman–Crippen LogP) is 3.82. The number of pyridine rings is 1. The lowest BCUT2D eigenvalue weighted by Gasteiger charge is -2.33. The van der Waals surface area contributed by atoms with Crippen LogP contribution in [0.2, 0.25) is 0 Å². The van der Waals surface area contributed by atoms with Gasteiger partial charge in [0.05, 0.1) is 41.5 Å². The van der Waals surface area contributed by atoms with Crippen LogP contribution in [0.5, 0.6) is 0 Å². The average molecular weight is 531 g/mol. The summed E-state index contributed by atoms with van der Waals surface area (Å²) < 4.78 is 17.2. The second kappa shape index (κ2) is 12.4. The third-order valence-corrected chi connectivity index (χ3v) is 7.89. The van der Waals surface area contributed by atoms with E-state index in [-0.39, 0.29) is 25.2 Å². The zero-order valence-corrected chi connectivity index (χ0v) is 23.2. The van der Waals surface area contributed by atoms with E-state index in [2.05, 4.69) is 15.6 Å². The summed E-state index contributed by atoms with van der Waals surface area (Å²) >= 11 is 1.61. The number of ether oxygens (including phenoxy) is 3. The smallest absolute Gasteiger partial charge is 0.224 e. The van der Waals surface area contributed by atoms with Gasteiger partial charge in [-0.3, -0.25) is 4.98 Å². The molecule has 4 rings (SSSR count). The zero-order chi connectivity index (χ0) is 26.4. The first kappa shape index (κ1) is 27.6. The van der Waals surface area contributed by atoms with Gasteiger partial charge < -0.3 is 30.0 Å². The molecule has 1 saturated carbocycles. The second-order valence-electron chi connectivity index (χ2n) is 9.56. The molecule has 0 aromatic carbocycles. The molecule has 2 unspecified atom stereocenters. The van der Waals surface area contributed by atoms with Crippen molar-refractivity contribution in [3.63, 3.8) is 0 Å². The van der Waals surface area contributed by atoms with Gasteiger partial charge in [0.15, 0.2) is 0 Å². The minimum Gasteiger partial charge on any atom is -0.385 e. The van der Waals surface area contributed by atoms with Crippen molar-refractivity contribution in [1.29, 1.82) is 0 Å². The lowest BCUT2D eigenvalue weighted by atomic mass is 9.87. The van der Waals surface area contributed by atoms with Gasteiger partial charge in [0.2, 0.25) is 5.95 Å². The summed E-state index contributed by atoms with van der Waals surface area (Å²) in [6, 6.07) is 2.12. The quantitative estimate of drug-likeness (QED) is 0.281. The van der Waals surface area contributed by atoms with Crippen LogP contribution in [0.3, 0.4) is 0 Å². The van der Waals surface area contributed by atoms with Crippen molar-refractivity contribution in [3.8, 4) is 10.6 Å². The normalized spacial score (nSPS) is 18.0. The largest absolute Gasteiger partial charge is 0.385 e. The summed E-state index contributed by atoms with van der Waals surface area (Å²) in [5.41, 5.74) is 2.51. The van der Waals surface area contributed by atoms with Crippen LogP contribution in [0.15, 0.2) is 12.3 Å². The molecule has 1 fully saturated rings. The lowest BCUT2D eigenvalue weighted by molar-refractivity contribution is -0.112. The van der Waals surface area contributed by atoms with Crippen LogP contribution in [0.25, 0.3) is 20.8 Å². The summed E-state index contributed by atoms with van der Waals surface area (Å²) in [5.74, 6) is 1.34. The highest BCUT2D eigenvalue weighted by molar-refractivity contribution is 7.21. The molecule has 3 aromatic rings. The predicted molar refractivity (Wildman–Crippen MR) is 146 cm³/mol. The number of methoxy groups -OCH3 is 2. The SMILES string of the molecule is CCOCCNc1nc(C)c(-c2nc3c(C)nccc3s2)c(NC2CCC(C(O)(COC)COC)C2)n1. The molecule has 0 spiro atoms. The number of rotatable bonds is 13. The Labute approximate surface area is 222 Å². The molecule has 10 nitrogen and oxygen atoms in total. The molecule has 1 aliphatic carbocycles. The molecule has 3 aromatic heterocycles. The van der Waals surface area contributed by atoms with E-state index in [1.165, 1.54) is 0 Å². The molecule has 3 heterocycles. The lowest BCUT2D eigenvalue weighted by Crippen LogP contribution is -2.46. The van der Waals surface area contributed by atoms with Crippen LogP contribution >= 0.6 is 11.3 Å². The molecule has 11 heteroatoms. The van der Waals surface area contributed by atoms with E-state index < -0.39 is 5.60 Å². The highest BCUT2D eigenvalue weighted by Crippen LogP contribution is 2.40. The van der Waals surface area contributed by atoms with E-state index in [4.69, 9.17) is 29.2 Å². The Bertz CT molecular complexity index is 1180. The van der Waals surface area contributed by atoms with Crippen LogP contribution in [-0.4, -0.2) is 83.9 Å². The first-order valence-electron chi connectivity index (χ1n) is 12.8. The van der Waals surface area contributed by atoms with Gasteiger partial charge in [-0.1, -0.05) is 0 Å². The number of thiazole rings is 1. The number of hydrogen-bond acceptors (Lipinski definition) is 11. The summed E-state index contributed by atoms with van der Waals surface area (Å²) in [6.07, 6.45) is 4.36. The first-order chi connectivity index (χ1) is 17.9. The van der Waals surface area contributed by atoms with Crippen molar-refractivity contribution in [2.45, 2.75) is 51.7 Å². The Morgan fingerprint density at radius 1 is 1.11 bits per heavy atom. The van der Waals surface area contributed by atoms with Gasteiger partial charge in [-0.2, -0.15) is 4.98 Å². The van der Waals surface area contributed by atoms with Crippen molar-refractivity contribution < 1.29 is 19.3 Å². The van der Waals surface area contributed by atoms with Gasteiger partial charge in [0.25, 0.3) is 0 Å². The Balaban J connectivity index is 1.64. The molecule has 1 aliphatic rings. The van der Waals surface area contributed by atoms with E-state index in [9.17, 15) is 5.11 Å². The maximum atomic E-state index is 11.2. The van der Waals surface area contributed by atoms with E-state index in [0.29, 0.717) is 25.7 Å². The average Bonchev–Trinajstić information content (AvgIpc) is 3.50. The second-order valence-corrected chi connectivity index (χ2v) is 10.6. The number of aromatic nitrogens is 4.